The van der Waals surface area contributed by atoms with Crippen LogP contribution >= 0.6 is 11.6 Å². The van der Waals surface area contributed by atoms with Crippen LogP contribution in [0.25, 0.3) is 10.9 Å². The molecule has 0 aliphatic heterocycles. The van der Waals surface area contributed by atoms with Crippen LogP contribution in [0.15, 0.2) is 90.1 Å². The van der Waals surface area contributed by atoms with E-state index in [0.717, 1.165) is 33.2 Å². The summed E-state index contributed by atoms with van der Waals surface area (Å²) in [5, 5.41) is 11.9. The number of hydrogen-bond acceptors (Lipinski definition) is 6. The van der Waals surface area contributed by atoms with Gasteiger partial charge in [-0.3, -0.25) is 20.2 Å². The van der Waals surface area contributed by atoms with E-state index in [9.17, 15) is 9.59 Å². The molecule has 1 unspecified atom stereocenters. The van der Waals surface area contributed by atoms with Gasteiger partial charge < -0.3 is 9.30 Å². The lowest BCUT2D eigenvalue weighted by Gasteiger charge is -2.15. The van der Waals surface area contributed by atoms with E-state index in [4.69, 9.17) is 16.3 Å². The zero-order chi connectivity index (χ0) is 26.5. The first-order chi connectivity index (χ1) is 18.5. The molecule has 2 aromatic carbocycles. The molecule has 5 rings (SSSR count). The molecule has 0 saturated heterocycles. The molecule has 3 heterocycles. The fraction of sp³-hybridized carbons (Fsp3) is 0.172. The Bertz CT molecular complexity index is 1630. The third-order valence-corrected chi connectivity index (χ3v) is 6.54. The van der Waals surface area contributed by atoms with Crippen molar-refractivity contribution in [2.75, 3.05) is 7.11 Å². The van der Waals surface area contributed by atoms with E-state index in [2.05, 4.69) is 38.7 Å². The van der Waals surface area contributed by atoms with Crippen LogP contribution in [0.5, 0.6) is 0 Å². The maximum absolute atomic E-state index is 12.6. The van der Waals surface area contributed by atoms with Crippen molar-refractivity contribution in [2.24, 2.45) is 0 Å². The number of benzene rings is 2. The first-order valence-electron chi connectivity index (χ1n) is 12.1. The molecule has 3 aromatic heterocycles. The van der Waals surface area contributed by atoms with Gasteiger partial charge in [0.15, 0.2) is 6.04 Å². The van der Waals surface area contributed by atoms with Crippen LogP contribution in [0, 0.1) is 0 Å². The molecule has 1 atom stereocenters. The first kappa shape index (κ1) is 25.4. The summed E-state index contributed by atoms with van der Waals surface area (Å²) in [6.07, 6.45) is 6.10. The predicted molar refractivity (Wildman–Crippen MR) is 146 cm³/mol. The Morgan fingerprint density at radius 3 is 2.61 bits per heavy atom. The van der Waals surface area contributed by atoms with Crippen LogP contribution in [-0.2, 0) is 29.0 Å². The third kappa shape index (κ3) is 5.82. The highest BCUT2D eigenvalue weighted by Gasteiger charge is 2.26. The number of halogens is 1. The second-order valence-corrected chi connectivity index (χ2v) is 9.43. The lowest BCUT2D eigenvalue weighted by atomic mass is 10.0. The largest absolute Gasteiger partial charge is 0.468 e. The molecular formula is C29H26ClN5O3. The van der Waals surface area contributed by atoms with Gasteiger partial charge in [-0.2, -0.15) is 5.10 Å². The molecule has 9 heteroatoms. The summed E-state index contributed by atoms with van der Waals surface area (Å²) in [6, 6.07) is 20.0. The second kappa shape index (κ2) is 11.4. The van der Waals surface area contributed by atoms with Crippen LogP contribution in [-0.4, -0.2) is 32.8 Å². The Hall–Kier alpha value is -4.27. The number of H-pyrrole nitrogens is 1. The summed E-state index contributed by atoms with van der Waals surface area (Å²) in [7, 11) is 1.35. The topological polar surface area (TPSA) is 102 Å². The van der Waals surface area contributed by atoms with E-state index in [1.54, 1.807) is 41.2 Å². The lowest BCUT2D eigenvalue weighted by molar-refractivity contribution is -0.143. The van der Waals surface area contributed by atoms with Crippen molar-refractivity contribution in [1.29, 1.82) is 0 Å². The van der Waals surface area contributed by atoms with Crippen LogP contribution in [0.1, 0.15) is 34.0 Å². The third-order valence-electron chi connectivity index (χ3n) is 6.31. The van der Waals surface area contributed by atoms with Crippen molar-refractivity contribution in [3.8, 4) is 0 Å². The highest BCUT2D eigenvalue weighted by molar-refractivity contribution is 6.31. The second-order valence-electron chi connectivity index (χ2n) is 9.00. The number of ether oxygens (including phenoxy) is 1. The standard InChI is InChI=1S/C29H26ClN5O3/c1-38-29(37)28(27-24-14-23(30)9-10-25(24)33-34-27)32-17-22-13-21(15-31-16-22)12-19-5-7-20(8-6-19)18-35-11-3-2-4-26(35)36/h2-11,13-16,28,32H,12,17-18H2,1H3,(H,33,34). The normalized spacial score (nSPS) is 11.9. The van der Waals surface area contributed by atoms with Crippen molar-refractivity contribution in [2.45, 2.75) is 25.6 Å². The quantitative estimate of drug-likeness (QED) is 0.275. The minimum Gasteiger partial charge on any atom is -0.468 e. The highest BCUT2D eigenvalue weighted by Crippen LogP contribution is 2.26. The number of aromatic nitrogens is 4. The number of rotatable bonds is 9. The molecule has 0 spiro atoms. The Labute approximate surface area is 224 Å². The van der Waals surface area contributed by atoms with Crippen molar-refractivity contribution < 1.29 is 9.53 Å². The number of aromatic amines is 1. The molecule has 38 heavy (non-hydrogen) atoms. The number of pyridine rings is 2. The van der Waals surface area contributed by atoms with Crippen LogP contribution in [0.4, 0.5) is 0 Å². The number of carbonyl (C=O) groups excluding carboxylic acids is 1. The van der Waals surface area contributed by atoms with Crippen LogP contribution in [0.2, 0.25) is 5.02 Å². The van der Waals surface area contributed by atoms with E-state index < -0.39 is 12.0 Å². The van der Waals surface area contributed by atoms with Gasteiger partial charge in [-0.1, -0.05) is 48.0 Å². The first-order valence-corrected chi connectivity index (χ1v) is 12.5. The van der Waals surface area contributed by atoms with Crippen molar-refractivity contribution in [3.63, 3.8) is 0 Å². The average Bonchev–Trinajstić information content (AvgIpc) is 3.34. The summed E-state index contributed by atoms with van der Waals surface area (Å²) in [5.41, 5.74) is 5.44. The van der Waals surface area contributed by atoms with E-state index in [-0.39, 0.29) is 5.56 Å². The van der Waals surface area contributed by atoms with E-state index >= 15 is 0 Å². The molecular weight excluding hydrogens is 502 g/mol. The maximum Gasteiger partial charge on any atom is 0.329 e. The van der Waals surface area contributed by atoms with Gasteiger partial charge >= 0.3 is 5.97 Å². The number of esters is 1. The van der Waals surface area contributed by atoms with Gasteiger partial charge in [-0.15, -0.1) is 0 Å². The van der Waals surface area contributed by atoms with Crippen molar-refractivity contribution in [3.05, 3.63) is 129 Å². The van der Waals surface area contributed by atoms with Crippen molar-refractivity contribution in [1.82, 2.24) is 25.1 Å². The van der Waals surface area contributed by atoms with Gasteiger partial charge in [-0.25, -0.2) is 4.79 Å². The monoisotopic (exact) mass is 527 g/mol. The summed E-state index contributed by atoms with van der Waals surface area (Å²) in [4.78, 5) is 29.0. The van der Waals surface area contributed by atoms with Crippen molar-refractivity contribution >= 4 is 28.5 Å². The molecule has 0 saturated carbocycles. The minimum absolute atomic E-state index is 0.0215. The van der Waals surface area contributed by atoms with Gasteiger partial charge in [0.2, 0.25) is 0 Å². The predicted octanol–water partition coefficient (Wildman–Crippen LogP) is 4.42. The lowest BCUT2D eigenvalue weighted by Crippen LogP contribution is -2.30. The molecule has 192 valence electrons. The summed E-state index contributed by atoms with van der Waals surface area (Å²) in [5.74, 6) is -0.444. The molecule has 5 aromatic rings. The molecule has 0 aliphatic rings. The molecule has 0 fully saturated rings. The Morgan fingerprint density at radius 2 is 1.82 bits per heavy atom. The summed E-state index contributed by atoms with van der Waals surface area (Å²) in [6.45, 7) is 0.918. The van der Waals surface area contributed by atoms with E-state index in [0.29, 0.717) is 30.2 Å². The maximum atomic E-state index is 12.6. The molecule has 0 amide bonds. The van der Waals surface area contributed by atoms with Gasteiger partial charge in [0.1, 0.15) is 0 Å². The Morgan fingerprint density at radius 1 is 1.03 bits per heavy atom. The molecule has 0 radical (unpaired) electrons. The summed E-state index contributed by atoms with van der Waals surface area (Å²) < 4.78 is 6.72. The van der Waals surface area contributed by atoms with Gasteiger partial charge in [0, 0.05) is 41.6 Å². The molecule has 8 nitrogen and oxygen atoms in total. The number of nitrogens with zero attached hydrogens (tertiary/aromatic N) is 3. The van der Waals surface area contributed by atoms with Crippen LogP contribution in [0.3, 0.4) is 0 Å². The minimum atomic E-state index is -0.777. The number of carbonyl (C=O) groups is 1. The average molecular weight is 528 g/mol. The Kier molecular flexibility index (Phi) is 7.62. The zero-order valence-corrected chi connectivity index (χ0v) is 21.5. The molecule has 0 bridgehead atoms. The smallest absolute Gasteiger partial charge is 0.329 e. The number of fused-ring (bicyclic) bond motifs is 1. The van der Waals surface area contributed by atoms with Gasteiger partial charge in [-0.05, 0) is 52.9 Å². The van der Waals surface area contributed by atoms with E-state index in [1.807, 2.05) is 30.5 Å². The molecule has 0 aliphatic carbocycles. The van der Waals surface area contributed by atoms with Gasteiger partial charge in [0.05, 0.1) is 24.9 Å². The van der Waals surface area contributed by atoms with Gasteiger partial charge in [0.25, 0.3) is 5.56 Å². The Balaban J connectivity index is 1.27. The SMILES string of the molecule is COC(=O)C(NCc1cncc(Cc2ccc(Cn3ccccc3=O)cc2)c1)c1n[nH]c2ccc(Cl)cc12. The fourth-order valence-electron chi connectivity index (χ4n) is 4.38. The molecule has 2 N–H and O–H groups in total. The van der Waals surface area contributed by atoms with E-state index in [1.165, 1.54) is 7.11 Å². The zero-order valence-electron chi connectivity index (χ0n) is 20.7. The number of methoxy groups -OCH3 is 1. The van der Waals surface area contributed by atoms with Crippen LogP contribution < -0.4 is 10.9 Å². The number of hydrogen-bond donors (Lipinski definition) is 2. The fourth-order valence-corrected chi connectivity index (χ4v) is 4.55. The number of nitrogens with one attached hydrogen (secondary N) is 2. The summed E-state index contributed by atoms with van der Waals surface area (Å²) >= 11 is 6.17. The highest BCUT2D eigenvalue weighted by atomic mass is 35.5.